The summed E-state index contributed by atoms with van der Waals surface area (Å²) in [5.74, 6) is -0.0754. The van der Waals surface area contributed by atoms with Crippen LogP contribution in [0.4, 0.5) is 10.7 Å². The Morgan fingerprint density at radius 2 is 2.26 bits per heavy atom. The average molecular weight is 278 g/mol. The van der Waals surface area contributed by atoms with E-state index in [0.717, 1.165) is 24.5 Å². The lowest BCUT2D eigenvalue weighted by Crippen LogP contribution is -2.31. The van der Waals surface area contributed by atoms with Gasteiger partial charge in [-0.2, -0.15) is 5.26 Å². The molecule has 102 valence electrons. The molecule has 0 saturated carbocycles. The summed E-state index contributed by atoms with van der Waals surface area (Å²) in [6.07, 6.45) is 1.06. The molecule has 1 unspecified atom stereocenters. The molecule has 0 aliphatic carbocycles. The van der Waals surface area contributed by atoms with E-state index in [1.54, 1.807) is 0 Å². The van der Waals surface area contributed by atoms with Gasteiger partial charge in [0.25, 0.3) is 0 Å². The zero-order valence-corrected chi connectivity index (χ0v) is 12.3. The van der Waals surface area contributed by atoms with E-state index in [-0.39, 0.29) is 5.78 Å². The molecule has 0 aromatic carbocycles. The van der Waals surface area contributed by atoms with E-state index in [1.165, 1.54) is 18.3 Å². The third kappa shape index (κ3) is 2.44. The SMILES string of the molecule is CC(=O)c1sc(N2CCC(N(C)C)C2)c(C#N)c1N. The molecule has 1 aliphatic rings. The van der Waals surface area contributed by atoms with Crippen molar-refractivity contribution in [1.29, 1.82) is 5.26 Å². The first kappa shape index (κ1) is 13.8. The summed E-state index contributed by atoms with van der Waals surface area (Å²) >= 11 is 1.34. The number of carbonyl (C=O) groups is 1. The van der Waals surface area contributed by atoms with E-state index in [1.807, 2.05) is 0 Å². The first-order valence-corrected chi connectivity index (χ1v) is 7.02. The highest BCUT2D eigenvalue weighted by atomic mass is 32.1. The van der Waals surface area contributed by atoms with Crippen LogP contribution in [-0.4, -0.2) is 43.9 Å². The molecule has 2 rings (SSSR count). The zero-order valence-electron chi connectivity index (χ0n) is 11.4. The molecule has 0 amide bonds. The highest BCUT2D eigenvalue weighted by Crippen LogP contribution is 2.39. The van der Waals surface area contributed by atoms with Crippen molar-refractivity contribution in [3.8, 4) is 6.07 Å². The number of likely N-dealkylation sites (N-methyl/N-ethyl adjacent to an activating group) is 1. The van der Waals surface area contributed by atoms with Gasteiger partial charge in [0.05, 0.1) is 10.6 Å². The van der Waals surface area contributed by atoms with Gasteiger partial charge < -0.3 is 15.5 Å². The number of carbonyl (C=O) groups excluding carboxylic acids is 1. The number of nitriles is 1. The minimum absolute atomic E-state index is 0.0754. The lowest BCUT2D eigenvalue weighted by atomic mass is 10.2. The van der Waals surface area contributed by atoms with Crippen molar-refractivity contribution in [3.05, 3.63) is 10.4 Å². The Kier molecular flexibility index (Phi) is 3.78. The Morgan fingerprint density at radius 3 is 2.74 bits per heavy atom. The van der Waals surface area contributed by atoms with Crippen molar-refractivity contribution in [3.63, 3.8) is 0 Å². The summed E-state index contributed by atoms with van der Waals surface area (Å²) in [6.45, 7) is 3.26. The van der Waals surface area contributed by atoms with E-state index in [2.05, 4.69) is 30.0 Å². The maximum atomic E-state index is 11.5. The first-order valence-electron chi connectivity index (χ1n) is 6.20. The van der Waals surface area contributed by atoms with Gasteiger partial charge in [-0.25, -0.2) is 0 Å². The Morgan fingerprint density at radius 1 is 1.58 bits per heavy atom. The number of ketones is 1. The van der Waals surface area contributed by atoms with Gasteiger partial charge in [-0.05, 0) is 20.5 Å². The van der Waals surface area contributed by atoms with Crippen molar-refractivity contribution >= 4 is 27.8 Å². The van der Waals surface area contributed by atoms with Gasteiger partial charge >= 0.3 is 0 Å². The van der Waals surface area contributed by atoms with E-state index < -0.39 is 0 Å². The summed E-state index contributed by atoms with van der Waals surface area (Å²) in [6, 6.07) is 2.62. The second-order valence-electron chi connectivity index (χ2n) is 5.05. The van der Waals surface area contributed by atoms with Crippen LogP contribution in [0.3, 0.4) is 0 Å². The fraction of sp³-hybridized carbons (Fsp3) is 0.538. The molecule has 1 atom stereocenters. The summed E-state index contributed by atoms with van der Waals surface area (Å²) in [7, 11) is 4.12. The summed E-state index contributed by atoms with van der Waals surface area (Å²) in [5.41, 5.74) is 6.70. The Bertz CT molecular complexity index is 544. The van der Waals surface area contributed by atoms with Crippen molar-refractivity contribution in [2.45, 2.75) is 19.4 Å². The largest absolute Gasteiger partial charge is 0.396 e. The Labute approximate surface area is 117 Å². The van der Waals surface area contributed by atoms with E-state index >= 15 is 0 Å². The maximum Gasteiger partial charge on any atom is 0.171 e. The number of nitrogen functional groups attached to an aromatic ring is 1. The van der Waals surface area contributed by atoms with Crippen LogP contribution < -0.4 is 10.6 Å². The number of hydrogen-bond donors (Lipinski definition) is 1. The molecule has 1 aromatic rings. The normalized spacial score (nSPS) is 18.9. The van der Waals surface area contributed by atoms with E-state index in [4.69, 9.17) is 5.73 Å². The lowest BCUT2D eigenvalue weighted by molar-refractivity contribution is 0.102. The van der Waals surface area contributed by atoms with Gasteiger partial charge in [0.15, 0.2) is 5.78 Å². The number of nitrogens with zero attached hydrogens (tertiary/aromatic N) is 3. The number of anilines is 2. The first-order chi connectivity index (χ1) is 8.95. The quantitative estimate of drug-likeness (QED) is 0.849. The number of nitrogens with two attached hydrogens (primary N) is 1. The number of rotatable bonds is 3. The van der Waals surface area contributed by atoms with Gasteiger partial charge in [0, 0.05) is 26.1 Å². The van der Waals surface area contributed by atoms with Crippen LogP contribution in [0.5, 0.6) is 0 Å². The Balaban J connectivity index is 2.34. The lowest BCUT2D eigenvalue weighted by Gasteiger charge is -2.20. The predicted molar refractivity (Wildman–Crippen MR) is 77.8 cm³/mol. The molecular weight excluding hydrogens is 260 g/mol. The van der Waals surface area contributed by atoms with Crippen LogP contribution in [-0.2, 0) is 0 Å². The molecule has 0 radical (unpaired) electrons. The second-order valence-corrected chi connectivity index (χ2v) is 6.04. The van der Waals surface area contributed by atoms with Gasteiger partial charge in [0.1, 0.15) is 16.6 Å². The molecule has 2 N–H and O–H groups in total. The summed E-state index contributed by atoms with van der Waals surface area (Å²) < 4.78 is 0. The minimum Gasteiger partial charge on any atom is -0.396 e. The molecule has 2 heterocycles. The van der Waals surface area contributed by atoms with Gasteiger partial charge in [0.2, 0.25) is 0 Å². The molecule has 6 heteroatoms. The molecule has 0 spiro atoms. The fourth-order valence-electron chi connectivity index (χ4n) is 2.37. The highest BCUT2D eigenvalue weighted by molar-refractivity contribution is 7.19. The van der Waals surface area contributed by atoms with Crippen LogP contribution in [0.25, 0.3) is 0 Å². The third-order valence-electron chi connectivity index (χ3n) is 3.54. The van der Waals surface area contributed by atoms with Gasteiger partial charge in [-0.1, -0.05) is 0 Å². The molecule has 1 aliphatic heterocycles. The van der Waals surface area contributed by atoms with Crippen LogP contribution >= 0.6 is 11.3 Å². The summed E-state index contributed by atoms with van der Waals surface area (Å²) in [5, 5.41) is 10.1. The number of thiophene rings is 1. The van der Waals surface area contributed by atoms with Crippen LogP contribution in [0.1, 0.15) is 28.6 Å². The third-order valence-corrected chi connectivity index (χ3v) is 4.91. The summed E-state index contributed by atoms with van der Waals surface area (Å²) in [4.78, 5) is 16.4. The van der Waals surface area contributed by atoms with Gasteiger partial charge in [-0.3, -0.25) is 4.79 Å². The standard InChI is InChI=1S/C13H18N4OS/c1-8(18)12-11(15)10(6-14)13(19-12)17-5-4-9(7-17)16(2)3/h9H,4-5,7,15H2,1-3H3. The van der Waals surface area contributed by atoms with Crippen LogP contribution in [0.2, 0.25) is 0 Å². The fourth-order valence-corrected chi connectivity index (χ4v) is 3.47. The monoisotopic (exact) mass is 278 g/mol. The van der Waals surface area contributed by atoms with E-state index in [0.29, 0.717) is 22.2 Å². The van der Waals surface area contributed by atoms with Gasteiger partial charge in [-0.15, -0.1) is 11.3 Å². The molecule has 0 bridgehead atoms. The predicted octanol–water partition coefficient (Wildman–Crippen LogP) is 1.54. The molecule has 19 heavy (non-hydrogen) atoms. The Hall–Kier alpha value is -1.58. The second kappa shape index (κ2) is 5.19. The number of Topliss-reactive ketones (excluding diaryl/α,β-unsaturated/α-hetero) is 1. The molecule has 5 nitrogen and oxygen atoms in total. The molecule has 1 fully saturated rings. The van der Waals surface area contributed by atoms with Crippen molar-refractivity contribution < 1.29 is 4.79 Å². The minimum atomic E-state index is -0.0754. The van der Waals surface area contributed by atoms with Crippen LogP contribution in [0.15, 0.2) is 0 Å². The van der Waals surface area contributed by atoms with Crippen molar-refractivity contribution in [2.75, 3.05) is 37.8 Å². The van der Waals surface area contributed by atoms with Crippen molar-refractivity contribution in [1.82, 2.24) is 4.90 Å². The molecule has 1 aromatic heterocycles. The zero-order chi connectivity index (χ0) is 14.2. The van der Waals surface area contributed by atoms with Crippen LogP contribution in [0, 0.1) is 11.3 Å². The number of hydrogen-bond acceptors (Lipinski definition) is 6. The average Bonchev–Trinajstić information content (AvgIpc) is 2.92. The topological polar surface area (TPSA) is 73.4 Å². The van der Waals surface area contributed by atoms with Crippen molar-refractivity contribution in [2.24, 2.45) is 0 Å². The smallest absolute Gasteiger partial charge is 0.171 e. The molecular formula is C13H18N4OS. The molecule has 1 saturated heterocycles. The maximum absolute atomic E-state index is 11.5. The highest BCUT2D eigenvalue weighted by Gasteiger charge is 2.29. The van der Waals surface area contributed by atoms with E-state index in [9.17, 15) is 10.1 Å².